The first-order valence-electron chi connectivity index (χ1n) is 8.53. The van der Waals surface area contributed by atoms with E-state index in [9.17, 15) is 5.11 Å². The summed E-state index contributed by atoms with van der Waals surface area (Å²) in [6.07, 6.45) is 4.68. The van der Waals surface area contributed by atoms with Crippen LogP contribution in [-0.2, 0) is 0 Å². The van der Waals surface area contributed by atoms with Gasteiger partial charge in [-0.1, -0.05) is 13.0 Å². The number of benzene rings is 1. The largest absolute Gasteiger partial charge is 0.491 e. The smallest absolute Gasteiger partial charge is 0.119 e. The van der Waals surface area contributed by atoms with Crippen LogP contribution in [0.3, 0.4) is 0 Å². The average molecular weight is 305 g/mol. The monoisotopic (exact) mass is 305 g/mol. The third-order valence-corrected chi connectivity index (χ3v) is 4.75. The van der Waals surface area contributed by atoms with Crippen molar-refractivity contribution in [2.45, 2.75) is 58.6 Å². The van der Waals surface area contributed by atoms with Crippen molar-refractivity contribution in [2.24, 2.45) is 5.92 Å². The van der Waals surface area contributed by atoms with Gasteiger partial charge < -0.3 is 14.7 Å². The molecule has 0 aliphatic heterocycles. The van der Waals surface area contributed by atoms with Crippen molar-refractivity contribution in [2.75, 3.05) is 20.2 Å². The normalized spacial score (nSPS) is 23.5. The molecule has 0 spiro atoms. The first kappa shape index (κ1) is 17.3. The van der Waals surface area contributed by atoms with Crippen molar-refractivity contribution >= 4 is 0 Å². The first-order chi connectivity index (χ1) is 10.4. The lowest BCUT2D eigenvalue weighted by molar-refractivity contribution is 0.0531. The molecule has 1 saturated carbocycles. The SMILES string of the molecule is Cc1cc(C)cc(OCC(O)CN(C)C2CCC(C)CC2)c1. The highest BCUT2D eigenvalue weighted by Crippen LogP contribution is 2.26. The molecule has 1 unspecified atom stereocenters. The fraction of sp³-hybridized carbons (Fsp3) is 0.684. The van der Waals surface area contributed by atoms with Crippen LogP contribution in [0, 0.1) is 19.8 Å². The molecule has 1 N–H and O–H groups in total. The minimum absolute atomic E-state index is 0.357. The van der Waals surface area contributed by atoms with E-state index in [4.69, 9.17) is 4.74 Å². The van der Waals surface area contributed by atoms with Gasteiger partial charge in [-0.05, 0) is 75.8 Å². The summed E-state index contributed by atoms with van der Waals surface area (Å²) in [5, 5.41) is 10.2. The molecule has 1 fully saturated rings. The van der Waals surface area contributed by atoms with Crippen molar-refractivity contribution in [1.82, 2.24) is 4.90 Å². The predicted octanol–water partition coefficient (Wildman–Crippen LogP) is 3.55. The second kappa shape index (κ2) is 7.98. The summed E-state index contributed by atoms with van der Waals surface area (Å²) in [7, 11) is 2.13. The van der Waals surface area contributed by atoms with Crippen molar-refractivity contribution in [3.05, 3.63) is 29.3 Å². The van der Waals surface area contributed by atoms with Crippen LogP contribution in [0.25, 0.3) is 0 Å². The number of rotatable bonds is 6. The number of aryl methyl sites for hydroxylation is 2. The molecule has 3 heteroatoms. The second-order valence-corrected chi connectivity index (χ2v) is 7.14. The summed E-state index contributed by atoms with van der Waals surface area (Å²) in [6, 6.07) is 6.78. The van der Waals surface area contributed by atoms with E-state index in [1.807, 2.05) is 12.1 Å². The van der Waals surface area contributed by atoms with Crippen LogP contribution in [0.1, 0.15) is 43.7 Å². The van der Waals surface area contributed by atoms with Gasteiger partial charge in [-0.3, -0.25) is 0 Å². The summed E-state index contributed by atoms with van der Waals surface area (Å²) in [5.74, 6) is 1.72. The molecule has 22 heavy (non-hydrogen) atoms. The van der Waals surface area contributed by atoms with Crippen LogP contribution in [0.4, 0.5) is 0 Å². The number of hydrogen-bond donors (Lipinski definition) is 1. The number of likely N-dealkylation sites (N-methyl/N-ethyl adjacent to an activating group) is 1. The highest BCUT2D eigenvalue weighted by Gasteiger charge is 2.23. The van der Waals surface area contributed by atoms with Crippen LogP contribution in [0.15, 0.2) is 18.2 Å². The molecular formula is C19H31NO2. The van der Waals surface area contributed by atoms with Gasteiger partial charge in [0.15, 0.2) is 0 Å². The van der Waals surface area contributed by atoms with E-state index >= 15 is 0 Å². The molecule has 0 aromatic heterocycles. The van der Waals surface area contributed by atoms with Gasteiger partial charge >= 0.3 is 0 Å². The minimum atomic E-state index is -0.440. The Labute approximate surface area is 135 Å². The fourth-order valence-electron chi connectivity index (χ4n) is 3.43. The highest BCUT2D eigenvalue weighted by atomic mass is 16.5. The molecule has 124 valence electrons. The molecule has 0 radical (unpaired) electrons. The van der Waals surface area contributed by atoms with Gasteiger partial charge in [0.2, 0.25) is 0 Å². The molecule has 1 aromatic rings. The third kappa shape index (κ3) is 5.29. The topological polar surface area (TPSA) is 32.7 Å². The molecule has 0 bridgehead atoms. The molecule has 0 saturated heterocycles. The molecule has 0 amide bonds. The van der Waals surface area contributed by atoms with Gasteiger partial charge in [0.05, 0.1) is 0 Å². The average Bonchev–Trinajstić information content (AvgIpc) is 2.45. The van der Waals surface area contributed by atoms with E-state index < -0.39 is 6.10 Å². The molecule has 1 atom stereocenters. The Bertz CT molecular complexity index is 446. The predicted molar refractivity (Wildman–Crippen MR) is 91.5 cm³/mol. The number of aliphatic hydroxyl groups excluding tert-OH is 1. The van der Waals surface area contributed by atoms with Crippen LogP contribution in [0.5, 0.6) is 5.75 Å². The number of aliphatic hydroxyl groups is 1. The Balaban J connectivity index is 1.76. The maximum Gasteiger partial charge on any atom is 0.119 e. The van der Waals surface area contributed by atoms with E-state index in [2.05, 4.69) is 38.8 Å². The van der Waals surface area contributed by atoms with Crippen molar-refractivity contribution < 1.29 is 9.84 Å². The third-order valence-electron chi connectivity index (χ3n) is 4.75. The summed E-state index contributed by atoms with van der Waals surface area (Å²) in [5.41, 5.74) is 2.39. The summed E-state index contributed by atoms with van der Waals surface area (Å²) in [4.78, 5) is 2.31. The lowest BCUT2D eigenvalue weighted by atomic mass is 9.87. The molecule has 3 nitrogen and oxygen atoms in total. The Hall–Kier alpha value is -1.06. The molecule has 0 heterocycles. The molecule has 2 rings (SSSR count). The maximum absolute atomic E-state index is 10.2. The van der Waals surface area contributed by atoms with Crippen LogP contribution in [0.2, 0.25) is 0 Å². The molecule has 1 aromatic carbocycles. The Kier molecular flexibility index (Phi) is 6.27. The quantitative estimate of drug-likeness (QED) is 0.872. The number of ether oxygens (including phenoxy) is 1. The zero-order chi connectivity index (χ0) is 16.1. The fourth-order valence-corrected chi connectivity index (χ4v) is 3.43. The van der Waals surface area contributed by atoms with Gasteiger partial charge in [0, 0.05) is 12.6 Å². The Morgan fingerprint density at radius 2 is 1.73 bits per heavy atom. The van der Waals surface area contributed by atoms with Crippen LogP contribution < -0.4 is 4.74 Å². The van der Waals surface area contributed by atoms with E-state index in [0.29, 0.717) is 19.2 Å². The van der Waals surface area contributed by atoms with Gasteiger partial charge in [-0.2, -0.15) is 0 Å². The van der Waals surface area contributed by atoms with Gasteiger partial charge in [-0.15, -0.1) is 0 Å². The van der Waals surface area contributed by atoms with Crippen molar-refractivity contribution in [1.29, 1.82) is 0 Å². The zero-order valence-electron chi connectivity index (χ0n) is 14.5. The second-order valence-electron chi connectivity index (χ2n) is 7.14. The molecule has 1 aliphatic rings. The number of nitrogens with zero attached hydrogens (tertiary/aromatic N) is 1. The van der Waals surface area contributed by atoms with Gasteiger partial charge in [0.1, 0.15) is 18.5 Å². The lowest BCUT2D eigenvalue weighted by Crippen LogP contribution is -2.41. The number of hydrogen-bond acceptors (Lipinski definition) is 3. The maximum atomic E-state index is 10.2. The highest BCUT2D eigenvalue weighted by molar-refractivity contribution is 5.32. The van der Waals surface area contributed by atoms with E-state index in [-0.39, 0.29) is 0 Å². The van der Waals surface area contributed by atoms with E-state index in [0.717, 1.165) is 11.7 Å². The summed E-state index contributed by atoms with van der Waals surface area (Å²) in [6.45, 7) is 7.51. The van der Waals surface area contributed by atoms with Crippen molar-refractivity contribution in [3.63, 3.8) is 0 Å². The standard InChI is InChI=1S/C19H31NO2/c1-14-5-7-17(8-6-14)20(4)12-18(21)13-22-19-10-15(2)9-16(3)11-19/h9-11,14,17-18,21H,5-8,12-13H2,1-4H3. The van der Waals surface area contributed by atoms with Gasteiger partial charge in [-0.25, -0.2) is 0 Å². The van der Waals surface area contributed by atoms with Crippen molar-refractivity contribution in [3.8, 4) is 5.75 Å². The van der Waals surface area contributed by atoms with E-state index in [1.165, 1.54) is 36.8 Å². The van der Waals surface area contributed by atoms with Gasteiger partial charge in [0.25, 0.3) is 0 Å². The van der Waals surface area contributed by atoms with Crippen LogP contribution >= 0.6 is 0 Å². The summed E-state index contributed by atoms with van der Waals surface area (Å²) >= 11 is 0. The Morgan fingerprint density at radius 1 is 1.14 bits per heavy atom. The minimum Gasteiger partial charge on any atom is -0.491 e. The Morgan fingerprint density at radius 3 is 2.32 bits per heavy atom. The van der Waals surface area contributed by atoms with Crippen LogP contribution in [-0.4, -0.2) is 42.4 Å². The van der Waals surface area contributed by atoms with E-state index in [1.54, 1.807) is 0 Å². The zero-order valence-corrected chi connectivity index (χ0v) is 14.5. The lowest BCUT2D eigenvalue weighted by Gasteiger charge is -2.34. The first-order valence-corrected chi connectivity index (χ1v) is 8.53. The molecular weight excluding hydrogens is 274 g/mol. The summed E-state index contributed by atoms with van der Waals surface area (Å²) < 4.78 is 5.76. The molecule has 1 aliphatic carbocycles.